The van der Waals surface area contributed by atoms with E-state index in [-0.39, 0.29) is 0 Å². The van der Waals surface area contributed by atoms with E-state index < -0.39 is 0 Å². The van der Waals surface area contributed by atoms with Gasteiger partial charge in [-0.25, -0.2) is 0 Å². The topological polar surface area (TPSA) is 20.2 Å². The van der Waals surface area contributed by atoms with E-state index in [1.807, 2.05) is 18.2 Å². The van der Waals surface area contributed by atoms with Crippen molar-refractivity contribution in [1.29, 1.82) is 0 Å². The van der Waals surface area contributed by atoms with Crippen molar-refractivity contribution >= 4 is 0 Å². The third-order valence-electron chi connectivity index (χ3n) is 2.84. The molecule has 0 atom stereocenters. The molecule has 0 radical (unpaired) electrons. The van der Waals surface area contributed by atoms with Crippen LogP contribution in [0.5, 0.6) is 5.75 Å². The van der Waals surface area contributed by atoms with E-state index in [2.05, 4.69) is 41.5 Å². The quantitative estimate of drug-likeness (QED) is 0.740. The van der Waals surface area contributed by atoms with Gasteiger partial charge in [0, 0.05) is 0 Å². The second-order valence-electron chi connectivity index (χ2n) is 5.09. The van der Waals surface area contributed by atoms with Crippen LogP contribution in [0.15, 0.2) is 18.2 Å². The molecule has 0 unspecified atom stereocenters. The van der Waals surface area contributed by atoms with Crippen LogP contribution in [0.1, 0.15) is 77.3 Å². The summed E-state index contributed by atoms with van der Waals surface area (Å²) in [4.78, 5) is 0. The Labute approximate surface area is 107 Å². The Balaban J connectivity index is 0.000000557. The third kappa shape index (κ3) is 5.25. The predicted molar refractivity (Wildman–Crippen MR) is 76.9 cm³/mol. The lowest BCUT2D eigenvalue weighted by Gasteiger charge is -2.14. The minimum Gasteiger partial charge on any atom is -0.507 e. The minimum absolute atomic E-state index is 0.388. The van der Waals surface area contributed by atoms with Gasteiger partial charge in [-0.05, 0) is 23.0 Å². The van der Waals surface area contributed by atoms with E-state index in [4.69, 9.17) is 0 Å². The van der Waals surface area contributed by atoms with Crippen LogP contribution in [0.4, 0.5) is 0 Å². The molecule has 1 rings (SSSR count). The second kappa shape index (κ2) is 8.16. The number of hydrogen-bond donors (Lipinski definition) is 1. The molecule has 0 saturated heterocycles. The van der Waals surface area contributed by atoms with Crippen molar-refractivity contribution < 1.29 is 5.11 Å². The molecule has 0 aromatic heterocycles. The van der Waals surface area contributed by atoms with Crippen molar-refractivity contribution in [1.82, 2.24) is 0 Å². The number of unbranched alkanes of at least 4 members (excludes halogenated alkanes) is 1. The van der Waals surface area contributed by atoms with E-state index in [0.717, 1.165) is 11.1 Å². The van der Waals surface area contributed by atoms with Gasteiger partial charge in [0.25, 0.3) is 0 Å². The molecule has 1 aromatic rings. The van der Waals surface area contributed by atoms with Gasteiger partial charge in [0.2, 0.25) is 0 Å². The Hall–Kier alpha value is -0.980. The van der Waals surface area contributed by atoms with Crippen LogP contribution in [0.2, 0.25) is 0 Å². The SMILES string of the molecule is CC(C)c1cccc(C(C)C)c1O.CCCC. The van der Waals surface area contributed by atoms with Crippen LogP contribution >= 0.6 is 0 Å². The minimum atomic E-state index is 0.388. The average molecular weight is 236 g/mol. The van der Waals surface area contributed by atoms with Crippen LogP contribution < -0.4 is 0 Å². The zero-order valence-electron chi connectivity index (χ0n) is 12.2. The molecular formula is C16H28O. The standard InChI is InChI=1S/C12H18O.C4H10/c1-8(2)10-6-5-7-11(9(3)4)12(10)13;1-3-4-2/h5-9,13H,1-4H3;3-4H2,1-2H3. The van der Waals surface area contributed by atoms with Crippen LogP contribution in [-0.2, 0) is 0 Å². The van der Waals surface area contributed by atoms with Gasteiger partial charge in [0.05, 0.1) is 0 Å². The first-order valence-corrected chi connectivity index (χ1v) is 6.77. The fourth-order valence-corrected chi connectivity index (χ4v) is 1.51. The van der Waals surface area contributed by atoms with Gasteiger partial charge in [-0.2, -0.15) is 0 Å². The summed E-state index contributed by atoms with van der Waals surface area (Å²) in [6, 6.07) is 6.00. The normalized spacial score (nSPS) is 10.4. The van der Waals surface area contributed by atoms with Crippen molar-refractivity contribution in [3.8, 4) is 5.75 Å². The van der Waals surface area contributed by atoms with Crippen molar-refractivity contribution in [3.63, 3.8) is 0 Å². The summed E-state index contributed by atoms with van der Waals surface area (Å²) in [5.41, 5.74) is 2.09. The van der Waals surface area contributed by atoms with Gasteiger partial charge in [-0.3, -0.25) is 0 Å². The van der Waals surface area contributed by atoms with Crippen LogP contribution in [0, 0.1) is 0 Å². The second-order valence-corrected chi connectivity index (χ2v) is 5.09. The van der Waals surface area contributed by atoms with E-state index in [0.29, 0.717) is 17.6 Å². The fourth-order valence-electron chi connectivity index (χ4n) is 1.51. The highest BCUT2D eigenvalue weighted by Crippen LogP contribution is 2.32. The van der Waals surface area contributed by atoms with Gasteiger partial charge in [0.15, 0.2) is 0 Å². The van der Waals surface area contributed by atoms with Crippen LogP contribution in [0.25, 0.3) is 0 Å². The summed E-state index contributed by atoms with van der Waals surface area (Å²) < 4.78 is 0. The number of phenols is 1. The van der Waals surface area contributed by atoms with Crippen molar-refractivity contribution in [2.75, 3.05) is 0 Å². The average Bonchev–Trinajstić information content (AvgIpc) is 2.29. The molecule has 0 aliphatic heterocycles. The van der Waals surface area contributed by atoms with Gasteiger partial charge >= 0.3 is 0 Å². The molecule has 0 heterocycles. The van der Waals surface area contributed by atoms with Gasteiger partial charge in [-0.1, -0.05) is 72.6 Å². The zero-order valence-corrected chi connectivity index (χ0v) is 12.2. The maximum Gasteiger partial charge on any atom is 0.122 e. The molecule has 0 aliphatic rings. The van der Waals surface area contributed by atoms with Crippen molar-refractivity contribution in [2.24, 2.45) is 0 Å². The Bertz CT molecular complexity index is 285. The highest BCUT2D eigenvalue weighted by Gasteiger charge is 2.11. The first kappa shape index (κ1) is 16.0. The third-order valence-corrected chi connectivity index (χ3v) is 2.84. The first-order chi connectivity index (χ1) is 7.95. The van der Waals surface area contributed by atoms with Crippen molar-refractivity contribution in [3.05, 3.63) is 29.3 Å². The number of rotatable bonds is 3. The maximum atomic E-state index is 9.93. The lowest BCUT2D eigenvalue weighted by molar-refractivity contribution is 0.454. The molecular weight excluding hydrogens is 208 g/mol. The van der Waals surface area contributed by atoms with Crippen molar-refractivity contribution in [2.45, 2.75) is 66.2 Å². The summed E-state index contributed by atoms with van der Waals surface area (Å²) in [6.45, 7) is 12.7. The van der Waals surface area contributed by atoms with E-state index >= 15 is 0 Å². The monoisotopic (exact) mass is 236 g/mol. The maximum absolute atomic E-state index is 9.93. The molecule has 1 aromatic carbocycles. The Kier molecular flexibility index (Phi) is 7.69. The molecule has 0 bridgehead atoms. The number of para-hydroxylation sites is 1. The van der Waals surface area contributed by atoms with Crippen LogP contribution in [0.3, 0.4) is 0 Å². The summed E-state index contributed by atoms with van der Waals surface area (Å²) in [5.74, 6) is 1.25. The Morgan fingerprint density at radius 3 is 1.47 bits per heavy atom. The van der Waals surface area contributed by atoms with Gasteiger partial charge in [0.1, 0.15) is 5.75 Å². The molecule has 1 N–H and O–H groups in total. The lowest BCUT2D eigenvalue weighted by Crippen LogP contribution is -1.94. The number of hydrogen-bond acceptors (Lipinski definition) is 1. The summed E-state index contributed by atoms with van der Waals surface area (Å²) >= 11 is 0. The summed E-state index contributed by atoms with van der Waals surface area (Å²) in [7, 11) is 0. The zero-order chi connectivity index (χ0) is 13.4. The van der Waals surface area contributed by atoms with Crippen LogP contribution in [-0.4, -0.2) is 5.11 Å². The Morgan fingerprint density at radius 2 is 1.24 bits per heavy atom. The molecule has 0 amide bonds. The number of benzene rings is 1. The largest absolute Gasteiger partial charge is 0.507 e. The predicted octanol–water partition coefficient (Wildman–Crippen LogP) is 5.45. The first-order valence-electron chi connectivity index (χ1n) is 6.77. The molecule has 0 fully saturated rings. The number of aromatic hydroxyl groups is 1. The molecule has 1 nitrogen and oxygen atoms in total. The fraction of sp³-hybridized carbons (Fsp3) is 0.625. The van der Waals surface area contributed by atoms with E-state index in [1.54, 1.807) is 0 Å². The summed E-state index contributed by atoms with van der Waals surface area (Å²) in [5, 5.41) is 9.93. The molecule has 0 spiro atoms. The smallest absolute Gasteiger partial charge is 0.122 e. The summed E-state index contributed by atoms with van der Waals surface area (Å²) in [6.07, 6.45) is 2.64. The van der Waals surface area contributed by atoms with Gasteiger partial charge < -0.3 is 5.11 Å². The molecule has 17 heavy (non-hydrogen) atoms. The molecule has 1 heteroatoms. The number of phenolic OH excluding ortho intramolecular Hbond substituents is 1. The Morgan fingerprint density at radius 1 is 0.882 bits per heavy atom. The molecule has 0 aliphatic carbocycles. The highest BCUT2D eigenvalue weighted by molar-refractivity contribution is 5.43. The van der Waals surface area contributed by atoms with E-state index in [1.165, 1.54) is 12.8 Å². The van der Waals surface area contributed by atoms with Gasteiger partial charge in [-0.15, -0.1) is 0 Å². The van der Waals surface area contributed by atoms with E-state index in [9.17, 15) is 5.11 Å². The molecule has 98 valence electrons. The molecule has 0 saturated carbocycles. The highest BCUT2D eigenvalue weighted by atomic mass is 16.3. The lowest BCUT2D eigenvalue weighted by atomic mass is 9.94.